The van der Waals surface area contributed by atoms with Crippen LogP contribution in [0.1, 0.15) is 18.5 Å². The number of nitrogens with zero attached hydrogens (tertiary/aromatic N) is 4. The summed E-state index contributed by atoms with van der Waals surface area (Å²) in [5, 5.41) is 12.2. The number of piperidine rings is 1. The lowest BCUT2D eigenvalue weighted by Crippen LogP contribution is -2.39. The zero-order valence-corrected chi connectivity index (χ0v) is 14.5. The molecule has 1 aliphatic heterocycles. The zero-order valence-electron chi connectivity index (χ0n) is 13.7. The van der Waals surface area contributed by atoms with Gasteiger partial charge in [-0.25, -0.2) is 18.4 Å². The molecule has 130 valence electrons. The second kappa shape index (κ2) is 7.59. The molecule has 1 fully saturated rings. The van der Waals surface area contributed by atoms with E-state index in [2.05, 4.69) is 15.3 Å². The van der Waals surface area contributed by atoms with Crippen molar-refractivity contribution in [2.75, 3.05) is 25.0 Å². The molecule has 2 aromatic rings. The van der Waals surface area contributed by atoms with E-state index in [0.717, 1.165) is 12.8 Å². The fraction of sp³-hybridized carbons (Fsp3) is 0.353. The summed E-state index contributed by atoms with van der Waals surface area (Å²) in [7, 11) is -3.42. The van der Waals surface area contributed by atoms with Gasteiger partial charge in [0.25, 0.3) is 0 Å². The Morgan fingerprint density at radius 1 is 1.16 bits per heavy atom. The molecule has 1 aromatic heterocycles. The molecule has 0 amide bonds. The minimum Gasteiger partial charge on any atom is -0.367 e. The van der Waals surface area contributed by atoms with Gasteiger partial charge in [0.15, 0.2) is 11.5 Å². The Balaban J connectivity index is 1.57. The maximum atomic E-state index is 12.6. The van der Waals surface area contributed by atoms with Gasteiger partial charge in [-0.2, -0.15) is 9.57 Å². The molecule has 0 unspecified atom stereocenters. The van der Waals surface area contributed by atoms with Crippen LogP contribution >= 0.6 is 0 Å². The number of anilines is 1. The van der Waals surface area contributed by atoms with E-state index in [1.165, 1.54) is 12.4 Å². The quantitative estimate of drug-likeness (QED) is 0.877. The van der Waals surface area contributed by atoms with Gasteiger partial charge in [-0.3, -0.25) is 0 Å². The first-order valence-corrected chi connectivity index (χ1v) is 9.55. The van der Waals surface area contributed by atoms with Crippen LogP contribution in [0, 0.1) is 17.2 Å². The number of rotatable bonds is 5. The van der Waals surface area contributed by atoms with Crippen LogP contribution in [-0.4, -0.2) is 42.3 Å². The van der Waals surface area contributed by atoms with Crippen molar-refractivity contribution < 1.29 is 8.42 Å². The molecule has 25 heavy (non-hydrogen) atoms. The van der Waals surface area contributed by atoms with Crippen LogP contribution in [0.15, 0.2) is 47.6 Å². The van der Waals surface area contributed by atoms with Crippen molar-refractivity contribution in [2.24, 2.45) is 5.92 Å². The van der Waals surface area contributed by atoms with Crippen LogP contribution in [-0.2, 0) is 10.0 Å². The molecule has 2 heterocycles. The molecular weight excluding hydrogens is 338 g/mol. The molecule has 1 aliphatic rings. The lowest BCUT2D eigenvalue weighted by Gasteiger charge is -2.31. The van der Waals surface area contributed by atoms with Crippen molar-refractivity contribution in [1.82, 2.24) is 14.3 Å². The van der Waals surface area contributed by atoms with Gasteiger partial charge in [0.2, 0.25) is 10.0 Å². The number of nitrogens with one attached hydrogen (secondary N) is 1. The van der Waals surface area contributed by atoms with Crippen molar-refractivity contribution in [3.63, 3.8) is 0 Å². The predicted molar refractivity (Wildman–Crippen MR) is 93.2 cm³/mol. The first-order chi connectivity index (χ1) is 12.1. The standard InChI is InChI=1S/C17H19N5O2S/c18-12-16-17(20-9-8-19-16)21-13-14-6-10-22(11-7-14)25(23,24)15-4-2-1-3-5-15/h1-5,8-9,14H,6-7,10-11,13H2,(H,20,21). The lowest BCUT2D eigenvalue weighted by atomic mass is 9.98. The van der Waals surface area contributed by atoms with Gasteiger partial charge in [0, 0.05) is 32.0 Å². The SMILES string of the molecule is N#Cc1nccnc1NCC1CCN(S(=O)(=O)c2ccccc2)CC1. The summed E-state index contributed by atoms with van der Waals surface area (Å²) in [6.45, 7) is 1.64. The van der Waals surface area contributed by atoms with Crippen molar-refractivity contribution in [3.05, 3.63) is 48.4 Å². The van der Waals surface area contributed by atoms with E-state index in [4.69, 9.17) is 5.26 Å². The third-order valence-electron chi connectivity index (χ3n) is 4.32. The Kier molecular flexibility index (Phi) is 5.26. The molecule has 0 saturated carbocycles. The monoisotopic (exact) mass is 357 g/mol. The molecule has 1 saturated heterocycles. The van der Waals surface area contributed by atoms with Gasteiger partial charge >= 0.3 is 0 Å². The average molecular weight is 357 g/mol. The van der Waals surface area contributed by atoms with Gasteiger partial charge in [0.1, 0.15) is 6.07 Å². The largest absolute Gasteiger partial charge is 0.367 e. The molecule has 7 nitrogen and oxygen atoms in total. The Labute approximate surface area is 147 Å². The Hall–Kier alpha value is -2.50. The van der Waals surface area contributed by atoms with E-state index in [9.17, 15) is 8.42 Å². The number of hydrogen-bond acceptors (Lipinski definition) is 6. The highest BCUT2D eigenvalue weighted by Crippen LogP contribution is 2.24. The summed E-state index contributed by atoms with van der Waals surface area (Å²) < 4.78 is 26.8. The van der Waals surface area contributed by atoms with Crippen LogP contribution in [0.5, 0.6) is 0 Å². The minimum atomic E-state index is -3.42. The summed E-state index contributed by atoms with van der Waals surface area (Å²) in [5.74, 6) is 0.806. The Morgan fingerprint density at radius 3 is 2.52 bits per heavy atom. The van der Waals surface area contributed by atoms with Gasteiger partial charge < -0.3 is 5.32 Å². The van der Waals surface area contributed by atoms with E-state index in [1.807, 2.05) is 6.07 Å². The third-order valence-corrected chi connectivity index (χ3v) is 6.23. The number of hydrogen-bond donors (Lipinski definition) is 1. The summed E-state index contributed by atoms with van der Waals surface area (Å²) in [6.07, 6.45) is 4.55. The number of aromatic nitrogens is 2. The molecule has 1 aromatic carbocycles. The van der Waals surface area contributed by atoms with E-state index < -0.39 is 10.0 Å². The summed E-state index contributed by atoms with van der Waals surface area (Å²) in [5.41, 5.74) is 0.270. The maximum absolute atomic E-state index is 12.6. The van der Waals surface area contributed by atoms with E-state index in [0.29, 0.717) is 36.3 Å². The first-order valence-electron chi connectivity index (χ1n) is 8.11. The molecule has 8 heteroatoms. The fourth-order valence-corrected chi connectivity index (χ4v) is 4.38. The molecule has 1 N–H and O–H groups in total. The average Bonchev–Trinajstić information content (AvgIpc) is 2.67. The highest BCUT2D eigenvalue weighted by atomic mass is 32.2. The highest BCUT2D eigenvalue weighted by Gasteiger charge is 2.29. The van der Waals surface area contributed by atoms with Crippen LogP contribution in [0.2, 0.25) is 0 Å². The van der Waals surface area contributed by atoms with E-state index >= 15 is 0 Å². The van der Waals surface area contributed by atoms with Crippen LogP contribution in [0.25, 0.3) is 0 Å². The second-order valence-electron chi connectivity index (χ2n) is 5.91. The minimum absolute atomic E-state index is 0.270. The topological polar surface area (TPSA) is 99.0 Å². The van der Waals surface area contributed by atoms with Gasteiger partial charge in [-0.05, 0) is 30.9 Å². The lowest BCUT2D eigenvalue weighted by molar-refractivity contribution is 0.282. The van der Waals surface area contributed by atoms with E-state index in [1.54, 1.807) is 34.6 Å². The second-order valence-corrected chi connectivity index (χ2v) is 7.84. The molecule has 0 aliphatic carbocycles. The molecule has 3 rings (SSSR count). The zero-order chi connectivity index (χ0) is 17.7. The van der Waals surface area contributed by atoms with Gasteiger partial charge in [-0.15, -0.1) is 0 Å². The highest BCUT2D eigenvalue weighted by molar-refractivity contribution is 7.89. The third kappa shape index (κ3) is 3.95. The molecule has 0 radical (unpaired) electrons. The molecule has 0 spiro atoms. The van der Waals surface area contributed by atoms with Gasteiger partial charge in [-0.1, -0.05) is 18.2 Å². The van der Waals surface area contributed by atoms with Crippen molar-refractivity contribution in [3.8, 4) is 6.07 Å². The summed E-state index contributed by atoms with van der Waals surface area (Å²) in [4.78, 5) is 8.43. The molecule has 0 atom stereocenters. The predicted octanol–water partition coefficient (Wildman–Crippen LogP) is 1.86. The van der Waals surface area contributed by atoms with E-state index in [-0.39, 0.29) is 5.69 Å². The first kappa shape index (κ1) is 17.3. The van der Waals surface area contributed by atoms with Crippen LogP contribution in [0.4, 0.5) is 5.82 Å². The Bertz CT molecular complexity index is 856. The Morgan fingerprint density at radius 2 is 1.84 bits per heavy atom. The number of benzene rings is 1. The maximum Gasteiger partial charge on any atom is 0.243 e. The van der Waals surface area contributed by atoms with Crippen molar-refractivity contribution >= 4 is 15.8 Å². The summed E-state index contributed by atoms with van der Waals surface area (Å²) in [6, 6.07) is 10.5. The number of sulfonamides is 1. The normalized spacial score (nSPS) is 16.3. The van der Waals surface area contributed by atoms with Crippen molar-refractivity contribution in [1.29, 1.82) is 5.26 Å². The van der Waals surface area contributed by atoms with Crippen LogP contribution < -0.4 is 5.32 Å². The molecular formula is C17H19N5O2S. The van der Waals surface area contributed by atoms with Gasteiger partial charge in [0.05, 0.1) is 4.90 Å². The number of nitriles is 1. The summed E-state index contributed by atoms with van der Waals surface area (Å²) >= 11 is 0. The van der Waals surface area contributed by atoms with Crippen molar-refractivity contribution in [2.45, 2.75) is 17.7 Å². The smallest absolute Gasteiger partial charge is 0.243 e. The fourth-order valence-electron chi connectivity index (χ4n) is 2.89. The van der Waals surface area contributed by atoms with Crippen LogP contribution in [0.3, 0.4) is 0 Å². The molecule has 0 bridgehead atoms.